The largest absolute Gasteiger partial charge is 0.349 e. The van der Waals surface area contributed by atoms with Crippen molar-refractivity contribution >= 4 is 5.91 Å². The van der Waals surface area contributed by atoms with Crippen molar-refractivity contribution in [1.82, 2.24) is 29.8 Å². The van der Waals surface area contributed by atoms with Crippen molar-refractivity contribution in [2.75, 3.05) is 6.54 Å². The van der Waals surface area contributed by atoms with E-state index in [1.54, 1.807) is 18.6 Å². The van der Waals surface area contributed by atoms with Gasteiger partial charge in [0.1, 0.15) is 11.4 Å². The highest BCUT2D eigenvalue weighted by molar-refractivity contribution is 5.91. The third-order valence-electron chi connectivity index (χ3n) is 3.26. The lowest BCUT2D eigenvalue weighted by Crippen LogP contribution is -2.28. The van der Waals surface area contributed by atoms with Crippen LogP contribution in [-0.4, -0.2) is 37.0 Å². The molecule has 0 atom stereocenters. The average Bonchev–Trinajstić information content (AvgIpc) is 3.05. The van der Waals surface area contributed by atoms with Gasteiger partial charge in [-0.25, -0.2) is 9.97 Å². The summed E-state index contributed by atoms with van der Waals surface area (Å²) in [5.74, 6) is 0.534. The van der Waals surface area contributed by atoms with E-state index in [0.29, 0.717) is 18.8 Å². The first kappa shape index (κ1) is 14.8. The van der Waals surface area contributed by atoms with Crippen molar-refractivity contribution in [1.29, 1.82) is 0 Å². The average molecular weight is 308 g/mol. The highest BCUT2D eigenvalue weighted by atomic mass is 16.1. The molecule has 3 aromatic heterocycles. The first-order chi connectivity index (χ1) is 11.2. The number of hydrogen-bond acceptors (Lipinski definition) is 5. The van der Waals surface area contributed by atoms with Gasteiger partial charge in [0.15, 0.2) is 5.82 Å². The monoisotopic (exact) mass is 308 g/mol. The van der Waals surface area contributed by atoms with Gasteiger partial charge in [0, 0.05) is 37.9 Å². The zero-order valence-electron chi connectivity index (χ0n) is 12.7. The van der Waals surface area contributed by atoms with Gasteiger partial charge in [-0.05, 0) is 19.1 Å². The Kier molecular flexibility index (Phi) is 4.37. The van der Waals surface area contributed by atoms with E-state index in [1.807, 2.05) is 35.9 Å². The van der Waals surface area contributed by atoms with E-state index in [9.17, 15) is 4.79 Å². The fourth-order valence-corrected chi connectivity index (χ4v) is 2.11. The molecule has 0 aromatic carbocycles. The van der Waals surface area contributed by atoms with Crippen molar-refractivity contribution < 1.29 is 4.79 Å². The van der Waals surface area contributed by atoms with Crippen LogP contribution >= 0.6 is 0 Å². The molecule has 116 valence electrons. The third-order valence-corrected chi connectivity index (χ3v) is 3.26. The Hall–Kier alpha value is -3.09. The summed E-state index contributed by atoms with van der Waals surface area (Å²) >= 11 is 0. The van der Waals surface area contributed by atoms with Crippen LogP contribution in [0.25, 0.3) is 11.5 Å². The predicted molar refractivity (Wildman–Crippen MR) is 84.6 cm³/mol. The summed E-state index contributed by atoms with van der Waals surface area (Å²) < 4.78 is 1.95. The van der Waals surface area contributed by atoms with E-state index in [0.717, 1.165) is 17.2 Å². The van der Waals surface area contributed by atoms with Crippen molar-refractivity contribution in [3.8, 4) is 11.5 Å². The first-order valence-electron chi connectivity index (χ1n) is 7.23. The molecule has 3 heterocycles. The van der Waals surface area contributed by atoms with Crippen LogP contribution in [0.3, 0.4) is 0 Å². The highest BCUT2D eigenvalue weighted by Crippen LogP contribution is 2.13. The van der Waals surface area contributed by atoms with Crippen LogP contribution in [0.1, 0.15) is 16.2 Å². The van der Waals surface area contributed by atoms with E-state index >= 15 is 0 Å². The maximum absolute atomic E-state index is 12.0. The number of nitrogens with one attached hydrogen (secondary N) is 1. The predicted octanol–water partition coefficient (Wildman–Crippen LogP) is 1.47. The number of aromatic nitrogens is 5. The molecule has 0 unspecified atom stereocenters. The Morgan fingerprint density at radius 2 is 2.04 bits per heavy atom. The van der Waals surface area contributed by atoms with Crippen LogP contribution in [0.4, 0.5) is 0 Å². The molecule has 0 aliphatic carbocycles. The fraction of sp³-hybridized carbons (Fsp3) is 0.188. The molecule has 0 bridgehead atoms. The maximum atomic E-state index is 12.0. The van der Waals surface area contributed by atoms with Gasteiger partial charge in [-0.15, -0.1) is 0 Å². The molecule has 1 amide bonds. The molecule has 1 N–H and O–H groups in total. The molecule has 3 aromatic rings. The van der Waals surface area contributed by atoms with Crippen molar-refractivity contribution in [2.24, 2.45) is 0 Å². The van der Waals surface area contributed by atoms with Crippen LogP contribution in [0.2, 0.25) is 0 Å². The number of carbonyl (C=O) groups is 1. The summed E-state index contributed by atoms with van der Waals surface area (Å²) in [4.78, 5) is 28.7. The number of hydrogen-bond donors (Lipinski definition) is 1. The molecule has 0 saturated heterocycles. The van der Waals surface area contributed by atoms with Gasteiger partial charge in [-0.1, -0.05) is 6.07 Å². The van der Waals surface area contributed by atoms with Crippen LogP contribution in [-0.2, 0) is 6.54 Å². The van der Waals surface area contributed by atoms with Gasteiger partial charge in [-0.3, -0.25) is 14.8 Å². The molecule has 0 aliphatic heterocycles. The molecule has 0 radical (unpaired) electrons. The Bertz CT molecular complexity index is 782. The second kappa shape index (κ2) is 6.78. The van der Waals surface area contributed by atoms with E-state index in [2.05, 4.69) is 25.3 Å². The van der Waals surface area contributed by atoms with Crippen molar-refractivity contribution in [3.05, 3.63) is 60.6 Å². The van der Waals surface area contributed by atoms with E-state index < -0.39 is 0 Å². The Morgan fingerprint density at radius 1 is 1.13 bits per heavy atom. The number of rotatable bonds is 5. The minimum atomic E-state index is -0.239. The Labute approximate surface area is 133 Å². The lowest BCUT2D eigenvalue weighted by molar-refractivity contribution is 0.0947. The van der Waals surface area contributed by atoms with Crippen LogP contribution < -0.4 is 5.32 Å². The summed E-state index contributed by atoms with van der Waals surface area (Å²) in [5, 5.41) is 2.82. The lowest BCUT2D eigenvalue weighted by atomic mass is 10.3. The summed E-state index contributed by atoms with van der Waals surface area (Å²) in [5.41, 5.74) is 1.89. The molecule has 0 aliphatic rings. The van der Waals surface area contributed by atoms with Crippen LogP contribution in [0, 0.1) is 6.92 Å². The molecule has 7 nitrogen and oxygen atoms in total. The van der Waals surface area contributed by atoms with Gasteiger partial charge < -0.3 is 9.88 Å². The minimum Gasteiger partial charge on any atom is -0.349 e. The van der Waals surface area contributed by atoms with Crippen molar-refractivity contribution in [3.63, 3.8) is 0 Å². The highest BCUT2D eigenvalue weighted by Gasteiger charge is 2.09. The number of imidazole rings is 1. The van der Waals surface area contributed by atoms with Gasteiger partial charge in [0.05, 0.1) is 11.9 Å². The Morgan fingerprint density at radius 3 is 2.78 bits per heavy atom. The van der Waals surface area contributed by atoms with E-state index in [-0.39, 0.29) is 5.91 Å². The SMILES string of the molecule is Cc1cnc(C(=O)NCCn2ccnc2-c2ccccn2)cn1. The zero-order chi connectivity index (χ0) is 16.1. The van der Waals surface area contributed by atoms with Gasteiger partial charge in [0.25, 0.3) is 5.91 Å². The molecular weight excluding hydrogens is 292 g/mol. The molecule has 0 fully saturated rings. The van der Waals surface area contributed by atoms with Gasteiger partial charge in [-0.2, -0.15) is 0 Å². The Balaban J connectivity index is 1.60. The second-order valence-electron chi connectivity index (χ2n) is 4.96. The summed E-state index contributed by atoms with van der Waals surface area (Å²) in [7, 11) is 0. The number of pyridine rings is 1. The summed E-state index contributed by atoms with van der Waals surface area (Å²) in [6.07, 6.45) is 8.36. The standard InChI is InChI=1S/C16H16N6O/c1-12-10-21-14(11-20-12)16(23)19-7-9-22-8-6-18-15(22)13-4-2-3-5-17-13/h2-6,8,10-11H,7,9H2,1H3,(H,19,23). The van der Waals surface area contributed by atoms with Crippen LogP contribution in [0.15, 0.2) is 49.2 Å². The molecular formula is C16H16N6O. The summed E-state index contributed by atoms with van der Waals surface area (Å²) in [6.45, 7) is 2.88. The quantitative estimate of drug-likeness (QED) is 0.771. The molecule has 0 spiro atoms. The van der Waals surface area contributed by atoms with E-state index in [1.165, 1.54) is 6.20 Å². The smallest absolute Gasteiger partial charge is 0.271 e. The maximum Gasteiger partial charge on any atom is 0.271 e. The number of amides is 1. The van der Waals surface area contributed by atoms with Gasteiger partial charge in [0.2, 0.25) is 0 Å². The van der Waals surface area contributed by atoms with Gasteiger partial charge >= 0.3 is 0 Å². The molecule has 23 heavy (non-hydrogen) atoms. The zero-order valence-corrected chi connectivity index (χ0v) is 12.7. The van der Waals surface area contributed by atoms with Crippen LogP contribution in [0.5, 0.6) is 0 Å². The second-order valence-corrected chi connectivity index (χ2v) is 4.96. The summed E-state index contributed by atoms with van der Waals surface area (Å²) in [6, 6.07) is 5.68. The van der Waals surface area contributed by atoms with E-state index in [4.69, 9.17) is 0 Å². The number of carbonyl (C=O) groups excluding carboxylic acids is 1. The number of aryl methyl sites for hydroxylation is 1. The topological polar surface area (TPSA) is 85.6 Å². The fourth-order valence-electron chi connectivity index (χ4n) is 2.11. The van der Waals surface area contributed by atoms with Crippen molar-refractivity contribution in [2.45, 2.75) is 13.5 Å². The lowest BCUT2D eigenvalue weighted by Gasteiger charge is -2.08. The molecule has 0 saturated carbocycles. The first-order valence-corrected chi connectivity index (χ1v) is 7.23. The molecule has 7 heteroatoms. The molecule has 3 rings (SSSR count). The third kappa shape index (κ3) is 3.57. The normalized spacial score (nSPS) is 10.5. The minimum absolute atomic E-state index is 0.239. The number of nitrogens with zero attached hydrogens (tertiary/aromatic N) is 5.